The number of carbonyl (C=O) groups is 1. The van der Waals surface area contributed by atoms with Gasteiger partial charge in [0.2, 0.25) is 10.0 Å². The molecule has 140 valence electrons. The second kappa shape index (κ2) is 8.30. The maximum atomic E-state index is 12.6. The van der Waals surface area contributed by atoms with E-state index in [0.29, 0.717) is 24.7 Å². The summed E-state index contributed by atoms with van der Waals surface area (Å²) in [5.74, 6) is -0.0463. The van der Waals surface area contributed by atoms with E-state index in [1.165, 1.54) is 23.5 Å². The van der Waals surface area contributed by atoms with Crippen LogP contribution in [0.2, 0.25) is 0 Å². The molecule has 0 spiro atoms. The molecule has 0 unspecified atom stereocenters. The number of nitrogens with one attached hydrogen (secondary N) is 2. The molecule has 6 nitrogen and oxygen atoms in total. The molecular weight excluding hydrogens is 370 g/mol. The minimum Gasteiger partial charge on any atom is -0.339 e. The second-order valence-corrected chi connectivity index (χ2v) is 9.08. The molecule has 1 aromatic heterocycles. The predicted molar refractivity (Wildman–Crippen MR) is 103 cm³/mol. The fourth-order valence-electron chi connectivity index (χ4n) is 2.99. The van der Waals surface area contributed by atoms with E-state index < -0.39 is 10.0 Å². The molecule has 2 aromatic rings. The summed E-state index contributed by atoms with van der Waals surface area (Å²) in [6, 6.07) is 10.4. The molecule has 8 heteroatoms. The largest absolute Gasteiger partial charge is 0.339 e. The highest BCUT2D eigenvalue weighted by atomic mass is 32.2. The van der Waals surface area contributed by atoms with Crippen LogP contribution < -0.4 is 10.0 Å². The fourth-order valence-corrected chi connectivity index (χ4v) is 4.74. The number of piperidine rings is 1. The van der Waals surface area contributed by atoms with E-state index in [4.69, 9.17) is 0 Å². The highest BCUT2D eigenvalue weighted by Crippen LogP contribution is 2.17. The lowest BCUT2D eigenvalue weighted by Crippen LogP contribution is -2.43. The standard InChI is InChI=1S/C18H23N3O3S2/c1-19-15-8-10-21(11-9-15)18(22)14-4-6-17(7-5-14)26(23,24)20-13-16-3-2-12-25-16/h2-7,12,15,19-20H,8-11,13H2,1H3. The molecule has 26 heavy (non-hydrogen) atoms. The van der Waals surface area contributed by atoms with Crippen molar-refractivity contribution in [2.24, 2.45) is 0 Å². The maximum absolute atomic E-state index is 12.6. The zero-order chi connectivity index (χ0) is 18.6. The summed E-state index contributed by atoms with van der Waals surface area (Å²) in [5.41, 5.74) is 0.519. The Morgan fingerprint density at radius 3 is 2.46 bits per heavy atom. The van der Waals surface area contributed by atoms with Crippen LogP contribution in [0.25, 0.3) is 0 Å². The average Bonchev–Trinajstić information content (AvgIpc) is 3.20. The molecule has 2 heterocycles. The van der Waals surface area contributed by atoms with Gasteiger partial charge in [0, 0.05) is 36.1 Å². The lowest BCUT2D eigenvalue weighted by Gasteiger charge is -2.31. The Bertz CT molecular complexity index is 825. The number of amides is 1. The Kier molecular flexibility index (Phi) is 6.08. The van der Waals surface area contributed by atoms with Crippen LogP contribution in [0.15, 0.2) is 46.7 Å². The van der Waals surface area contributed by atoms with Crippen molar-refractivity contribution in [3.63, 3.8) is 0 Å². The first-order valence-electron chi connectivity index (χ1n) is 8.58. The van der Waals surface area contributed by atoms with Gasteiger partial charge in [0.25, 0.3) is 5.91 Å². The van der Waals surface area contributed by atoms with Crippen molar-refractivity contribution in [1.82, 2.24) is 14.9 Å². The van der Waals surface area contributed by atoms with Crippen LogP contribution in [-0.4, -0.2) is 45.4 Å². The normalized spacial score (nSPS) is 16.0. The first-order chi connectivity index (χ1) is 12.5. The van der Waals surface area contributed by atoms with Gasteiger partial charge in [0.15, 0.2) is 0 Å². The number of likely N-dealkylation sites (tertiary alicyclic amines) is 1. The topological polar surface area (TPSA) is 78.5 Å². The van der Waals surface area contributed by atoms with E-state index in [9.17, 15) is 13.2 Å². The molecule has 0 bridgehead atoms. The summed E-state index contributed by atoms with van der Waals surface area (Å²) in [6.45, 7) is 1.70. The Hall–Kier alpha value is -1.74. The highest BCUT2D eigenvalue weighted by molar-refractivity contribution is 7.89. The lowest BCUT2D eigenvalue weighted by molar-refractivity contribution is 0.0707. The number of benzene rings is 1. The van der Waals surface area contributed by atoms with Gasteiger partial charge in [-0.3, -0.25) is 4.79 Å². The summed E-state index contributed by atoms with van der Waals surface area (Å²) in [6.07, 6.45) is 1.86. The summed E-state index contributed by atoms with van der Waals surface area (Å²) in [7, 11) is -1.65. The van der Waals surface area contributed by atoms with Crippen LogP contribution >= 0.6 is 11.3 Å². The molecule has 0 aliphatic carbocycles. The molecule has 3 rings (SSSR count). The molecule has 2 N–H and O–H groups in total. The van der Waals surface area contributed by atoms with Crippen molar-refractivity contribution in [3.05, 3.63) is 52.2 Å². The molecule has 0 radical (unpaired) electrons. The van der Waals surface area contributed by atoms with Gasteiger partial charge in [-0.25, -0.2) is 13.1 Å². The number of nitrogens with zero attached hydrogens (tertiary/aromatic N) is 1. The number of hydrogen-bond donors (Lipinski definition) is 2. The molecule has 1 aliphatic rings. The number of thiophene rings is 1. The lowest BCUT2D eigenvalue weighted by atomic mass is 10.0. The van der Waals surface area contributed by atoms with E-state index in [1.807, 2.05) is 29.5 Å². The zero-order valence-electron chi connectivity index (χ0n) is 14.6. The van der Waals surface area contributed by atoms with Gasteiger partial charge in [-0.1, -0.05) is 6.07 Å². The number of hydrogen-bond acceptors (Lipinski definition) is 5. The second-order valence-electron chi connectivity index (χ2n) is 6.28. The maximum Gasteiger partial charge on any atom is 0.253 e. The molecule has 1 fully saturated rings. The summed E-state index contributed by atoms with van der Waals surface area (Å²) < 4.78 is 27.3. The quantitative estimate of drug-likeness (QED) is 0.787. The van der Waals surface area contributed by atoms with Gasteiger partial charge in [-0.2, -0.15) is 0 Å². The van der Waals surface area contributed by atoms with Gasteiger partial charge >= 0.3 is 0 Å². The van der Waals surface area contributed by atoms with E-state index in [2.05, 4.69) is 10.0 Å². The predicted octanol–water partition coefficient (Wildman–Crippen LogP) is 2.05. The van der Waals surface area contributed by atoms with Gasteiger partial charge in [-0.05, 0) is 55.6 Å². The summed E-state index contributed by atoms with van der Waals surface area (Å²) in [5, 5.41) is 5.14. The fraction of sp³-hybridized carbons (Fsp3) is 0.389. The van der Waals surface area contributed by atoms with Crippen molar-refractivity contribution in [1.29, 1.82) is 0 Å². The van der Waals surface area contributed by atoms with Gasteiger partial charge in [0.1, 0.15) is 0 Å². The number of sulfonamides is 1. The van der Waals surface area contributed by atoms with Gasteiger partial charge in [0.05, 0.1) is 4.90 Å². The molecular formula is C18H23N3O3S2. The van der Waals surface area contributed by atoms with E-state index in [0.717, 1.165) is 17.7 Å². The van der Waals surface area contributed by atoms with Crippen LogP contribution in [0.3, 0.4) is 0 Å². The summed E-state index contributed by atoms with van der Waals surface area (Å²) >= 11 is 1.50. The number of carbonyl (C=O) groups excluding carboxylic acids is 1. The molecule has 1 aliphatic heterocycles. The Morgan fingerprint density at radius 2 is 1.88 bits per heavy atom. The minimum atomic E-state index is -3.59. The Labute approximate surface area is 158 Å². The third-order valence-corrected chi connectivity index (χ3v) is 6.91. The molecule has 1 saturated heterocycles. The third-order valence-electron chi connectivity index (χ3n) is 4.62. The summed E-state index contributed by atoms with van der Waals surface area (Å²) in [4.78, 5) is 15.5. The van der Waals surface area contributed by atoms with Crippen molar-refractivity contribution in [2.75, 3.05) is 20.1 Å². The first-order valence-corrected chi connectivity index (χ1v) is 10.9. The smallest absolute Gasteiger partial charge is 0.253 e. The van der Waals surface area contributed by atoms with Crippen LogP contribution in [0.1, 0.15) is 28.1 Å². The van der Waals surface area contributed by atoms with Crippen LogP contribution in [0.5, 0.6) is 0 Å². The SMILES string of the molecule is CNC1CCN(C(=O)c2ccc(S(=O)(=O)NCc3cccs3)cc2)CC1. The van der Waals surface area contributed by atoms with Crippen molar-refractivity contribution >= 4 is 27.3 Å². The van der Waals surface area contributed by atoms with Crippen molar-refractivity contribution in [2.45, 2.75) is 30.3 Å². The zero-order valence-corrected chi connectivity index (χ0v) is 16.3. The molecule has 0 saturated carbocycles. The molecule has 1 amide bonds. The number of rotatable bonds is 6. The van der Waals surface area contributed by atoms with Gasteiger partial charge in [-0.15, -0.1) is 11.3 Å². The Morgan fingerprint density at radius 1 is 1.19 bits per heavy atom. The van der Waals surface area contributed by atoms with Crippen molar-refractivity contribution < 1.29 is 13.2 Å². The van der Waals surface area contributed by atoms with Crippen LogP contribution in [0.4, 0.5) is 0 Å². The van der Waals surface area contributed by atoms with E-state index in [1.54, 1.807) is 12.1 Å². The van der Waals surface area contributed by atoms with E-state index >= 15 is 0 Å². The van der Waals surface area contributed by atoms with Gasteiger partial charge < -0.3 is 10.2 Å². The first kappa shape index (κ1) is 19.0. The minimum absolute atomic E-state index is 0.0463. The highest BCUT2D eigenvalue weighted by Gasteiger charge is 2.23. The monoisotopic (exact) mass is 393 g/mol. The van der Waals surface area contributed by atoms with E-state index in [-0.39, 0.29) is 17.3 Å². The Balaban J connectivity index is 1.63. The van der Waals surface area contributed by atoms with Crippen molar-refractivity contribution in [3.8, 4) is 0 Å². The third kappa shape index (κ3) is 4.50. The van der Waals surface area contributed by atoms with Crippen LogP contribution in [0, 0.1) is 0 Å². The molecule has 0 atom stereocenters. The molecule has 1 aromatic carbocycles. The van der Waals surface area contributed by atoms with Crippen LogP contribution in [-0.2, 0) is 16.6 Å². The average molecular weight is 394 g/mol.